The van der Waals surface area contributed by atoms with Gasteiger partial charge in [-0.25, -0.2) is 9.67 Å². The first-order valence-electron chi connectivity index (χ1n) is 11.9. The van der Waals surface area contributed by atoms with Gasteiger partial charge in [0.1, 0.15) is 0 Å². The standard InChI is InChI=1S/C27H30N6O/c1-19(2)33-26-24(17-29-33)23(16-25(30-26)22-10-5-4-8-20(22)3)27(34)32-14-12-31(13-15-32)18-21-9-6-7-11-28-21/h4-11,16-17,19H,12-15,18H2,1-3H3. The van der Waals surface area contributed by atoms with Gasteiger partial charge in [-0.15, -0.1) is 0 Å². The topological polar surface area (TPSA) is 67.2 Å². The van der Waals surface area contributed by atoms with Crippen molar-refractivity contribution in [3.63, 3.8) is 0 Å². The summed E-state index contributed by atoms with van der Waals surface area (Å²) in [5.74, 6) is 0.0445. The van der Waals surface area contributed by atoms with Crippen LogP contribution in [0.25, 0.3) is 22.3 Å². The number of hydrogen-bond acceptors (Lipinski definition) is 5. The third-order valence-electron chi connectivity index (χ3n) is 6.48. The zero-order valence-corrected chi connectivity index (χ0v) is 20.0. The Kier molecular flexibility index (Phi) is 6.11. The van der Waals surface area contributed by atoms with Gasteiger partial charge in [0, 0.05) is 50.5 Å². The average molecular weight is 455 g/mol. The number of nitrogens with zero attached hydrogens (tertiary/aromatic N) is 6. The fraction of sp³-hybridized carbons (Fsp3) is 0.333. The summed E-state index contributed by atoms with van der Waals surface area (Å²) in [5.41, 5.74) is 5.47. The summed E-state index contributed by atoms with van der Waals surface area (Å²) in [6, 6.07) is 16.2. The monoisotopic (exact) mass is 454 g/mol. The number of carbonyl (C=O) groups excluding carboxylic acids is 1. The highest BCUT2D eigenvalue weighted by Gasteiger charge is 2.26. The predicted octanol–water partition coefficient (Wildman–Crippen LogP) is 4.34. The van der Waals surface area contributed by atoms with Crippen molar-refractivity contribution in [3.8, 4) is 11.3 Å². The summed E-state index contributed by atoms with van der Waals surface area (Å²) in [7, 11) is 0. The van der Waals surface area contributed by atoms with Crippen molar-refractivity contribution >= 4 is 16.9 Å². The quantitative estimate of drug-likeness (QED) is 0.449. The minimum atomic E-state index is 0.0445. The van der Waals surface area contributed by atoms with Crippen LogP contribution in [0.3, 0.4) is 0 Å². The second-order valence-electron chi connectivity index (χ2n) is 9.18. The summed E-state index contributed by atoms with van der Waals surface area (Å²) >= 11 is 0. The third-order valence-corrected chi connectivity index (χ3v) is 6.48. The van der Waals surface area contributed by atoms with E-state index in [0.29, 0.717) is 18.7 Å². The number of rotatable bonds is 5. The van der Waals surface area contributed by atoms with Crippen molar-refractivity contribution < 1.29 is 4.79 Å². The van der Waals surface area contributed by atoms with Gasteiger partial charge in [-0.2, -0.15) is 5.10 Å². The van der Waals surface area contributed by atoms with Crippen LogP contribution in [0.5, 0.6) is 0 Å². The van der Waals surface area contributed by atoms with E-state index >= 15 is 0 Å². The Balaban J connectivity index is 1.44. The predicted molar refractivity (Wildman–Crippen MR) is 134 cm³/mol. The number of aryl methyl sites for hydroxylation is 1. The Bertz CT molecular complexity index is 1310. The zero-order chi connectivity index (χ0) is 23.7. The molecule has 7 nitrogen and oxygen atoms in total. The Labute approximate surface area is 200 Å². The van der Waals surface area contributed by atoms with Crippen molar-refractivity contribution in [3.05, 3.63) is 77.7 Å². The minimum Gasteiger partial charge on any atom is -0.336 e. The van der Waals surface area contributed by atoms with Gasteiger partial charge in [0.25, 0.3) is 5.91 Å². The van der Waals surface area contributed by atoms with E-state index in [0.717, 1.165) is 53.2 Å². The molecular formula is C27H30N6O. The van der Waals surface area contributed by atoms with Gasteiger partial charge in [-0.05, 0) is 44.5 Å². The molecule has 34 heavy (non-hydrogen) atoms. The van der Waals surface area contributed by atoms with Crippen LogP contribution < -0.4 is 0 Å². The SMILES string of the molecule is Cc1ccccc1-c1cc(C(=O)N2CCN(Cc3ccccn3)CC2)c2cnn(C(C)C)c2n1. The maximum Gasteiger partial charge on any atom is 0.254 e. The van der Waals surface area contributed by atoms with E-state index in [1.165, 1.54) is 0 Å². The van der Waals surface area contributed by atoms with Crippen LogP contribution in [0, 0.1) is 6.92 Å². The normalized spacial score (nSPS) is 14.8. The van der Waals surface area contributed by atoms with Crippen LogP contribution in [-0.4, -0.2) is 61.6 Å². The first-order chi connectivity index (χ1) is 16.5. The Morgan fingerprint density at radius 1 is 1.03 bits per heavy atom. The van der Waals surface area contributed by atoms with Crippen LogP contribution in [0.2, 0.25) is 0 Å². The number of benzene rings is 1. The van der Waals surface area contributed by atoms with Crippen LogP contribution in [-0.2, 0) is 6.54 Å². The first-order valence-corrected chi connectivity index (χ1v) is 11.9. The van der Waals surface area contributed by atoms with Gasteiger partial charge in [0.15, 0.2) is 5.65 Å². The summed E-state index contributed by atoms with van der Waals surface area (Å²) < 4.78 is 1.90. The number of amides is 1. The number of carbonyl (C=O) groups is 1. The Morgan fingerprint density at radius 3 is 2.50 bits per heavy atom. The van der Waals surface area contributed by atoms with Crippen molar-refractivity contribution in [1.82, 2.24) is 29.5 Å². The molecule has 0 spiro atoms. The minimum absolute atomic E-state index is 0.0445. The largest absolute Gasteiger partial charge is 0.336 e. The number of pyridine rings is 2. The summed E-state index contributed by atoms with van der Waals surface area (Å²) in [6.45, 7) is 10.1. The molecule has 1 aliphatic heterocycles. The van der Waals surface area contributed by atoms with Crippen LogP contribution in [0.4, 0.5) is 0 Å². The van der Waals surface area contributed by atoms with Gasteiger partial charge >= 0.3 is 0 Å². The van der Waals surface area contributed by atoms with E-state index in [4.69, 9.17) is 4.98 Å². The summed E-state index contributed by atoms with van der Waals surface area (Å²) in [4.78, 5) is 27.4. The molecule has 1 fully saturated rings. The van der Waals surface area contributed by atoms with E-state index in [2.05, 4.69) is 47.9 Å². The fourth-order valence-corrected chi connectivity index (χ4v) is 4.57. The van der Waals surface area contributed by atoms with Crippen molar-refractivity contribution in [2.75, 3.05) is 26.2 Å². The molecule has 4 heterocycles. The van der Waals surface area contributed by atoms with E-state index in [1.54, 1.807) is 6.20 Å². The molecule has 5 rings (SSSR count). The van der Waals surface area contributed by atoms with Gasteiger partial charge < -0.3 is 4.90 Å². The Morgan fingerprint density at radius 2 is 1.79 bits per heavy atom. The van der Waals surface area contributed by atoms with Gasteiger partial charge in [-0.1, -0.05) is 30.3 Å². The second-order valence-corrected chi connectivity index (χ2v) is 9.18. The molecule has 4 aromatic rings. The molecule has 1 saturated heterocycles. The molecule has 0 atom stereocenters. The first kappa shape index (κ1) is 22.2. The molecule has 7 heteroatoms. The highest BCUT2D eigenvalue weighted by atomic mass is 16.2. The number of aromatic nitrogens is 4. The molecule has 0 radical (unpaired) electrons. The van der Waals surface area contributed by atoms with Gasteiger partial charge in [0.05, 0.1) is 28.5 Å². The highest BCUT2D eigenvalue weighted by Crippen LogP contribution is 2.29. The van der Waals surface area contributed by atoms with Crippen LogP contribution >= 0.6 is 0 Å². The van der Waals surface area contributed by atoms with Gasteiger partial charge in [-0.3, -0.25) is 14.7 Å². The molecule has 0 N–H and O–H groups in total. The van der Waals surface area contributed by atoms with Crippen molar-refractivity contribution in [2.45, 2.75) is 33.4 Å². The molecule has 0 bridgehead atoms. The lowest BCUT2D eigenvalue weighted by Gasteiger charge is -2.34. The molecule has 1 aliphatic rings. The molecule has 0 unspecified atom stereocenters. The van der Waals surface area contributed by atoms with Crippen molar-refractivity contribution in [1.29, 1.82) is 0 Å². The number of fused-ring (bicyclic) bond motifs is 1. The molecule has 0 saturated carbocycles. The fourth-order valence-electron chi connectivity index (χ4n) is 4.57. The van der Waals surface area contributed by atoms with Crippen molar-refractivity contribution in [2.24, 2.45) is 0 Å². The number of hydrogen-bond donors (Lipinski definition) is 0. The molecule has 1 aromatic carbocycles. The van der Waals surface area contributed by atoms with Gasteiger partial charge in [0.2, 0.25) is 0 Å². The zero-order valence-electron chi connectivity index (χ0n) is 20.0. The smallest absolute Gasteiger partial charge is 0.254 e. The molecule has 3 aromatic heterocycles. The highest BCUT2D eigenvalue weighted by molar-refractivity contribution is 6.06. The van der Waals surface area contributed by atoms with E-state index in [9.17, 15) is 4.79 Å². The average Bonchev–Trinajstić information content (AvgIpc) is 3.29. The second kappa shape index (κ2) is 9.35. The summed E-state index contributed by atoms with van der Waals surface area (Å²) in [6.07, 6.45) is 3.61. The maximum atomic E-state index is 13.8. The molecule has 1 amide bonds. The van der Waals surface area contributed by atoms with E-state index in [1.807, 2.05) is 52.2 Å². The Hall–Kier alpha value is -3.58. The lowest BCUT2D eigenvalue weighted by atomic mass is 10.0. The van der Waals surface area contributed by atoms with Crippen LogP contribution in [0.1, 0.15) is 41.5 Å². The molecule has 174 valence electrons. The molecular weight excluding hydrogens is 424 g/mol. The third kappa shape index (κ3) is 4.31. The lowest BCUT2D eigenvalue weighted by molar-refractivity contribution is 0.0629. The van der Waals surface area contributed by atoms with E-state index in [-0.39, 0.29) is 11.9 Å². The maximum absolute atomic E-state index is 13.8. The molecule has 0 aliphatic carbocycles. The lowest BCUT2D eigenvalue weighted by Crippen LogP contribution is -2.48. The van der Waals surface area contributed by atoms with E-state index < -0.39 is 0 Å². The van der Waals surface area contributed by atoms with Crippen LogP contribution in [0.15, 0.2) is 60.9 Å². The summed E-state index contributed by atoms with van der Waals surface area (Å²) in [5, 5.41) is 5.38. The number of piperazine rings is 1.